The monoisotopic (exact) mass is 587 g/mol. The number of carbonyl (C=O) groups is 1. The third-order valence-corrected chi connectivity index (χ3v) is 7.32. The topological polar surface area (TPSA) is 105 Å². The second-order valence-corrected chi connectivity index (χ2v) is 12.9. The van der Waals surface area contributed by atoms with Gasteiger partial charge in [0.1, 0.15) is 13.2 Å². The van der Waals surface area contributed by atoms with Gasteiger partial charge in [-0.15, -0.1) is 0 Å². The number of quaternary nitrogens is 1. The van der Waals surface area contributed by atoms with Gasteiger partial charge in [0.2, 0.25) is 5.91 Å². The molecule has 0 aromatic carbocycles. The van der Waals surface area contributed by atoms with Crippen LogP contribution in [0.15, 0.2) is 36.5 Å². The molecule has 0 aromatic rings. The highest BCUT2D eigenvalue weighted by Crippen LogP contribution is 2.43. The van der Waals surface area contributed by atoms with Gasteiger partial charge in [-0.2, -0.15) is 0 Å². The number of phosphoric acid groups is 1. The minimum Gasteiger partial charge on any atom is -0.387 e. The molecule has 9 heteroatoms. The Kier molecular flexibility index (Phi) is 23.6. The highest BCUT2D eigenvalue weighted by Gasteiger charge is 2.27. The Balaban J connectivity index is 4.80. The van der Waals surface area contributed by atoms with E-state index in [9.17, 15) is 19.4 Å². The number of likely N-dealkylation sites (N-methyl/N-ethyl adjacent to an activating group) is 1. The van der Waals surface area contributed by atoms with Crippen LogP contribution < -0.4 is 5.32 Å². The van der Waals surface area contributed by atoms with E-state index in [1.807, 2.05) is 27.2 Å². The lowest BCUT2D eigenvalue weighted by molar-refractivity contribution is -0.870. The molecule has 40 heavy (non-hydrogen) atoms. The van der Waals surface area contributed by atoms with Crippen LogP contribution in [-0.2, 0) is 18.4 Å². The van der Waals surface area contributed by atoms with Gasteiger partial charge in [0.15, 0.2) is 0 Å². The zero-order valence-electron chi connectivity index (χ0n) is 26.1. The van der Waals surface area contributed by atoms with Crippen molar-refractivity contribution < 1.29 is 32.9 Å². The number of hydrogen-bond acceptors (Lipinski definition) is 5. The molecule has 0 saturated heterocycles. The number of phosphoric ester groups is 1. The summed E-state index contributed by atoms with van der Waals surface area (Å²) < 4.78 is 23.2. The predicted octanol–water partition coefficient (Wildman–Crippen LogP) is 6.84. The van der Waals surface area contributed by atoms with Crippen LogP contribution in [0.2, 0.25) is 0 Å². The molecule has 0 heterocycles. The summed E-state index contributed by atoms with van der Waals surface area (Å²) in [4.78, 5) is 22.7. The van der Waals surface area contributed by atoms with Crippen molar-refractivity contribution in [3.8, 4) is 0 Å². The summed E-state index contributed by atoms with van der Waals surface area (Å²) in [6.45, 7) is 4.62. The second-order valence-electron chi connectivity index (χ2n) is 11.5. The second kappa shape index (κ2) is 24.3. The molecule has 0 fully saturated rings. The van der Waals surface area contributed by atoms with Crippen LogP contribution in [0.4, 0.5) is 0 Å². The molecule has 3 unspecified atom stereocenters. The summed E-state index contributed by atoms with van der Waals surface area (Å²) in [6.07, 6.45) is 25.2. The Hall–Kier alpha value is -1.28. The molecule has 3 atom stereocenters. The van der Waals surface area contributed by atoms with E-state index in [0.717, 1.165) is 32.1 Å². The lowest BCUT2D eigenvalue weighted by Gasteiger charge is -2.25. The molecule has 0 radical (unpaired) electrons. The number of carbonyl (C=O) groups excluding carboxylic acids is 1. The number of nitrogens with zero attached hydrogens (tertiary/aromatic N) is 1. The summed E-state index contributed by atoms with van der Waals surface area (Å²) in [7, 11) is 1.53. The number of rotatable bonds is 26. The Labute approximate surface area is 245 Å². The number of hydrogen-bond donors (Lipinski definition) is 3. The number of aliphatic hydroxyl groups is 1. The maximum absolute atomic E-state index is 12.6. The van der Waals surface area contributed by atoms with Crippen LogP contribution in [0.5, 0.6) is 0 Å². The van der Waals surface area contributed by atoms with Gasteiger partial charge in [-0.1, -0.05) is 82.4 Å². The molecule has 0 saturated carbocycles. The predicted molar refractivity (Wildman–Crippen MR) is 166 cm³/mol. The summed E-state index contributed by atoms with van der Waals surface area (Å²) in [6, 6.07) is -0.870. The molecule has 234 valence electrons. The van der Waals surface area contributed by atoms with E-state index >= 15 is 0 Å². The van der Waals surface area contributed by atoms with Crippen molar-refractivity contribution >= 4 is 13.7 Å². The van der Waals surface area contributed by atoms with Gasteiger partial charge >= 0.3 is 7.82 Å². The smallest absolute Gasteiger partial charge is 0.387 e. The molecule has 8 nitrogen and oxygen atoms in total. The molecule has 0 rings (SSSR count). The average Bonchev–Trinajstić information content (AvgIpc) is 2.88. The van der Waals surface area contributed by atoms with Crippen LogP contribution in [0.25, 0.3) is 0 Å². The Morgan fingerprint density at radius 2 is 1.38 bits per heavy atom. The quantitative estimate of drug-likeness (QED) is 0.0443. The summed E-state index contributed by atoms with van der Waals surface area (Å²) >= 11 is 0. The fourth-order valence-corrected chi connectivity index (χ4v) is 4.50. The van der Waals surface area contributed by atoms with E-state index in [1.165, 1.54) is 44.9 Å². The van der Waals surface area contributed by atoms with Crippen LogP contribution in [0.3, 0.4) is 0 Å². The van der Waals surface area contributed by atoms with E-state index < -0.39 is 20.0 Å². The summed E-state index contributed by atoms with van der Waals surface area (Å²) in [5.41, 5.74) is 0. The molecule has 3 N–H and O–H groups in total. The van der Waals surface area contributed by atoms with E-state index in [-0.39, 0.29) is 19.1 Å². The van der Waals surface area contributed by atoms with Gasteiger partial charge < -0.3 is 19.8 Å². The summed E-state index contributed by atoms with van der Waals surface area (Å²) in [5.74, 6) is -0.230. The first kappa shape index (κ1) is 38.7. The number of allylic oxidation sites excluding steroid dienone is 5. The number of nitrogens with one attached hydrogen (secondary N) is 1. The van der Waals surface area contributed by atoms with Gasteiger partial charge in [-0.25, -0.2) is 4.57 Å². The molecular formula is C31H60N2O6P+. The molecule has 1 amide bonds. The molecule has 0 aliphatic heterocycles. The van der Waals surface area contributed by atoms with Crippen molar-refractivity contribution in [1.82, 2.24) is 5.32 Å². The van der Waals surface area contributed by atoms with Gasteiger partial charge in [0.25, 0.3) is 0 Å². The van der Waals surface area contributed by atoms with Crippen molar-refractivity contribution in [2.75, 3.05) is 40.9 Å². The van der Waals surface area contributed by atoms with E-state index in [2.05, 4.69) is 43.5 Å². The number of aliphatic hydroxyl groups excluding tert-OH is 1. The van der Waals surface area contributed by atoms with Crippen molar-refractivity contribution in [2.24, 2.45) is 0 Å². The van der Waals surface area contributed by atoms with Gasteiger partial charge in [0, 0.05) is 6.42 Å². The lowest BCUT2D eigenvalue weighted by atomic mass is 10.1. The maximum atomic E-state index is 12.6. The fourth-order valence-electron chi connectivity index (χ4n) is 3.76. The highest BCUT2D eigenvalue weighted by atomic mass is 31.2. The van der Waals surface area contributed by atoms with E-state index in [4.69, 9.17) is 9.05 Å². The van der Waals surface area contributed by atoms with Crippen molar-refractivity contribution in [3.63, 3.8) is 0 Å². The van der Waals surface area contributed by atoms with Crippen LogP contribution in [0, 0.1) is 0 Å². The number of amides is 1. The normalized spacial score (nSPS) is 15.7. The third-order valence-electron chi connectivity index (χ3n) is 6.33. The Morgan fingerprint density at radius 3 is 2.00 bits per heavy atom. The van der Waals surface area contributed by atoms with Gasteiger partial charge in [0.05, 0.1) is 39.9 Å². The van der Waals surface area contributed by atoms with Crippen molar-refractivity contribution in [2.45, 2.75) is 116 Å². The highest BCUT2D eigenvalue weighted by molar-refractivity contribution is 7.47. The largest absolute Gasteiger partial charge is 0.472 e. The van der Waals surface area contributed by atoms with Gasteiger partial charge in [-0.05, 0) is 51.4 Å². The molecule has 0 spiro atoms. The minimum atomic E-state index is -4.33. The SMILES string of the molecule is CCCCC/C=C/CC/C=C/C(O)C(COP(=O)(O)OCC[N+](C)(C)C)NC(=O)CCC/C=C\CCCCCC. The summed E-state index contributed by atoms with van der Waals surface area (Å²) in [5, 5.41) is 13.5. The molecular weight excluding hydrogens is 527 g/mol. The molecule has 0 aliphatic rings. The fraction of sp³-hybridized carbons (Fsp3) is 0.774. The van der Waals surface area contributed by atoms with Crippen LogP contribution in [0.1, 0.15) is 104 Å². The minimum absolute atomic E-state index is 0.0504. The van der Waals surface area contributed by atoms with Gasteiger partial charge in [-0.3, -0.25) is 13.8 Å². The van der Waals surface area contributed by atoms with Crippen LogP contribution >= 0.6 is 7.82 Å². The zero-order valence-corrected chi connectivity index (χ0v) is 27.0. The lowest BCUT2D eigenvalue weighted by Crippen LogP contribution is -2.45. The van der Waals surface area contributed by atoms with Crippen LogP contribution in [-0.4, -0.2) is 73.4 Å². The van der Waals surface area contributed by atoms with Crippen molar-refractivity contribution in [1.29, 1.82) is 0 Å². The van der Waals surface area contributed by atoms with E-state index in [0.29, 0.717) is 23.9 Å². The standard InChI is InChI=1S/C31H59N2O6P/c1-6-8-10-12-14-16-18-20-22-24-30(34)29(28-39-40(36,37)38-27-26-33(3,4)5)32-31(35)25-23-21-19-17-15-13-11-9-7-2/h14,16-17,19,22,24,29-30,34H,6-13,15,18,20-21,23,25-28H2,1-5H3,(H-,32,35,36,37)/p+1/b16-14+,19-17-,24-22+. The Morgan fingerprint density at radius 1 is 0.825 bits per heavy atom. The van der Waals surface area contributed by atoms with E-state index in [1.54, 1.807) is 6.08 Å². The maximum Gasteiger partial charge on any atom is 0.472 e. The Bertz CT molecular complexity index is 763. The molecule has 0 aliphatic carbocycles. The first-order valence-electron chi connectivity index (χ1n) is 15.4. The first-order chi connectivity index (χ1) is 19.0. The van der Waals surface area contributed by atoms with Crippen molar-refractivity contribution in [3.05, 3.63) is 36.5 Å². The molecule has 0 aromatic heterocycles. The third kappa shape index (κ3) is 25.7. The number of unbranched alkanes of at least 4 members (excludes halogenated alkanes) is 9. The zero-order chi connectivity index (χ0) is 30.1. The first-order valence-corrected chi connectivity index (χ1v) is 16.9. The molecule has 0 bridgehead atoms. The average molecular weight is 588 g/mol.